The number of carbonyl (C=O) groups excluding carboxylic acids is 1. The van der Waals surface area contributed by atoms with Crippen molar-refractivity contribution in [3.8, 4) is 0 Å². The molecule has 0 amide bonds. The number of halogens is 2. The van der Waals surface area contributed by atoms with Gasteiger partial charge in [-0.05, 0) is 18.6 Å². The fourth-order valence-electron chi connectivity index (χ4n) is 1.20. The van der Waals surface area contributed by atoms with E-state index in [0.29, 0.717) is 16.1 Å². The van der Waals surface area contributed by atoms with Gasteiger partial charge in [-0.2, -0.15) is 0 Å². The molecule has 0 fully saturated rings. The molecule has 0 heterocycles. The number of hydrogen-bond acceptors (Lipinski definition) is 2. The highest BCUT2D eigenvalue weighted by molar-refractivity contribution is 6.33. The van der Waals surface area contributed by atoms with E-state index in [4.69, 9.17) is 28.3 Å². The van der Waals surface area contributed by atoms with Gasteiger partial charge in [0, 0.05) is 10.6 Å². The molecule has 0 aliphatic carbocycles. The van der Waals surface area contributed by atoms with Crippen LogP contribution in [0.15, 0.2) is 18.2 Å². The van der Waals surface area contributed by atoms with Gasteiger partial charge in [-0.15, -0.1) is 11.6 Å². The summed E-state index contributed by atoms with van der Waals surface area (Å²) in [7, 11) is 0. The van der Waals surface area contributed by atoms with Crippen LogP contribution in [-0.2, 0) is 11.4 Å². The van der Waals surface area contributed by atoms with Crippen molar-refractivity contribution in [2.24, 2.45) is 0 Å². The predicted octanol–water partition coefficient (Wildman–Crippen LogP) is 2.70. The Morgan fingerprint density at radius 1 is 1.57 bits per heavy atom. The Hall–Kier alpha value is -0.570. The Morgan fingerprint density at radius 2 is 2.21 bits per heavy atom. The number of Topliss-reactive ketones (excluding diaryl/α,β-unsaturated/α-hetero) is 1. The smallest absolute Gasteiger partial charge is 0.152 e. The maximum atomic E-state index is 11.1. The summed E-state index contributed by atoms with van der Waals surface area (Å²) in [6, 6.07) is 5.05. The Bertz CT molecular complexity index is 350. The third kappa shape index (κ3) is 2.27. The minimum Gasteiger partial charge on any atom is -0.392 e. The first-order chi connectivity index (χ1) is 6.57. The SMILES string of the molecule is CC(=O)C(Cl)c1cccc(Cl)c1CO. The quantitative estimate of drug-likeness (QED) is 0.815. The second kappa shape index (κ2) is 4.78. The lowest BCUT2D eigenvalue weighted by Crippen LogP contribution is -2.05. The first kappa shape index (κ1) is 11.5. The summed E-state index contributed by atoms with van der Waals surface area (Å²) >= 11 is 11.7. The van der Waals surface area contributed by atoms with Crippen molar-refractivity contribution in [3.05, 3.63) is 34.3 Å². The van der Waals surface area contributed by atoms with Crippen molar-refractivity contribution in [1.82, 2.24) is 0 Å². The fraction of sp³-hybridized carbons (Fsp3) is 0.300. The van der Waals surface area contributed by atoms with Crippen LogP contribution >= 0.6 is 23.2 Å². The molecule has 14 heavy (non-hydrogen) atoms. The number of benzene rings is 1. The predicted molar refractivity (Wildman–Crippen MR) is 56.6 cm³/mol. The minimum absolute atomic E-state index is 0.163. The van der Waals surface area contributed by atoms with Crippen LogP contribution in [0.3, 0.4) is 0 Å². The molecule has 0 aromatic heterocycles. The molecular weight excluding hydrogens is 223 g/mol. The lowest BCUT2D eigenvalue weighted by molar-refractivity contribution is -0.116. The standard InChI is InChI=1S/C10H10Cl2O2/c1-6(14)10(12)7-3-2-4-9(11)8(7)5-13/h2-4,10,13H,5H2,1H3. The van der Waals surface area contributed by atoms with E-state index in [0.717, 1.165) is 0 Å². The molecule has 1 rings (SSSR count). The Balaban J connectivity index is 3.20. The largest absolute Gasteiger partial charge is 0.392 e. The van der Waals surface area contributed by atoms with E-state index < -0.39 is 5.38 Å². The van der Waals surface area contributed by atoms with Gasteiger partial charge in [-0.1, -0.05) is 23.7 Å². The summed E-state index contributed by atoms with van der Waals surface area (Å²) in [5.41, 5.74) is 1.10. The van der Waals surface area contributed by atoms with E-state index >= 15 is 0 Å². The second-order valence-electron chi connectivity index (χ2n) is 2.94. The van der Waals surface area contributed by atoms with Crippen molar-refractivity contribution in [2.75, 3.05) is 0 Å². The number of aliphatic hydroxyl groups excluding tert-OH is 1. The summed E-state index contributed by atoms with van der Waals surface area (Å²) in [4.78, 5) is 11.1. The Morgan fingerprint density at radius 3 is 2.71 bits per heavy atom. The number of aliphatic hydroxyl groups is 1. The molecule has 0 aliphatic heterocycles. The summed E-state index contributed by atoms with van der Waals surface area (Å²) in [6.45, 7) is 1.19. The molecule has 1 N–H and O–H groups in total. The minimum atomic E-state index is -0.740. The summed E-state index contributed by atoms with van der Waals surface area (Å²) in [5, 5.41) is 8.76. The lowest BCUT2D eigenvalue weighted by Gasteiger charge is -2.11. The van der Waals surface area contributed by atoms with Gasteiger partial charge in [-0.3, -0.25) is 4.79 Å². The molecule has 0 saturated carbocycles. The molecule has 2 nitrogen and oxygen atoms in total. The van der Waals surface area contributed by atoms with Gasteiger partial charge < -0.3 is 5.11 Å². The number of hydrogen-bond donors (Lipinski definition) is 1. The zero-order valence-electron chi connectivity index (χ0n) is 7.63. The van der Waals surface area contributed by atoms with Crippen molar-refractivity contribution in [1.29, 1.82) is 0 Å². The lowest BCUT2D eigenvalue weighted by atomic mass is 10.0. The summed E-state index contributed by atoms with van der Waals surface area (Å²) in [5.74, 6) is -0.163. The normalized spacial score (nSPS) is 12.6. The van der Waals surface area contributed by atoms with Crippen molar-refractivity contribution < 1.29 is 9.90 Å². The van der Waals surface area contributed by atoms with Crippen LogP contribution in [0.4, 0.5) is 0 Å². The van der Waals surface area contributed by atoms with Gasteiger partial charge in [0.15, 0.2) is 5.78 Å². The van der Waals surface area contributed by atoms with Crippen LogP contribution in [0.1, 0.15) is 23.4 Å². The molecule has 0 radical (unpaired) electrons. The molecule has 0 aliphatic rings. The monoisotopic (exact) mass is 232 g/mol. The number of ketones is 1. The zero-order valence-corrected chi connectivity index (χ0v) is 9.14. The molecule has 0 bridgehead atoms. The van der Waals surface area contributed by atoms with E-state index in [1.807, 2.05) is 0 Å². The number of carbonyl (C=O) groups is 1. The number of alkyl halides is 1. The average molecular weight is 233 g/mol. The fourth-order valence-corrected chi connectivity index (χ4v) is 1.64. The Kier molecular flexibility index (Phi) is 3.93. The van der Waals surface area contributed by atoms with Gasteiger partial charge in [-0.25, -0.2) is 0 Å². The van der Waals surface area contributed by atoms with Crippen molar-refractivity contribution >= 4 is 29.0 Å². The maximum absolute atomic E-state index is 11.1. The van der Waals surface area contributed by atoms with E-state index in [9.17, 15) is 4.79 Å². The highest BCUT2D eigenvalue weighted by atomic mass is 35.5. The molecule has 1 atom stereocenters. The van der Waals surface area contributed by atoms with E-state index in [1.165, 1.54) is 6.92 Å². The van der Waals surface area contributed by atoms with Crippen molar-refractivity contribution in [3.63, 3.8) is 0 Å². The van der Waals surface area contributed by atoms with E-state index in [2.05, 4.69) is 0 Å². The van der Waals surface area contributed by atoms with Gasteiger partial charge in [0.25, 0.3) is 0 Å². The summed E-state index contributed by atoms with van der Waals surface area (Å²) in [6.07, 6.45) is 0. The van der Waals surface area contributed by atoms with Gasteiger partial charge in [0.1, 0.15) is 5.38 Å². The zero-order chi connectivity index (χ0) is 10.7. The molecule has 1 unspecified atom stereocenters. The molecule has 0 saturated heterocycles. The first-order valence-electron chi connectivity index (χ1n) is 4.10. The highest BCUT2D eigenvalue weighted by Crippen LogP contribution is 2.29. The molecule has 1 aromatic carbocycles. The first-order valence-corrected chi connectivity index (χ1v) is 4.92. The molecular formula is C10H10Cl2O2. The van der Waals surface area contributed by atoms with Gasteiger partial charge >= 0.3 is 0 Å². The van der Waals surface area contributed by atoms with Gasteiger partial charge in [0.05, 0.1) is 6.61 Å². The molecule has 1 aromatic rings. The molecule has 0 spiro atoms. The van der Waals surface area contributed by atoms with Crippen LogP contribution in [0.5, 0.6) is 0 Å². The van der Waals surface area contributed by atoms with E-state index in [-0.39, 0.29) is 12.4 Å². The van der Waals surface area contributed by atoms with Crippen LogP contribution in [0.2, 0.25) is 5.02 Å². The topological polar surface area (TPSA) is 37.3 Å². The van der Waals surface area contributed by atoms with Crippen LogP contribution in [-0.4, -0.2) is 10.9 Å². The Labute approximate surface area is 92.5 Å². The van der Waals surface area contributed by atoms with Crippen LogP contribution in [0, 0.1) is 0 Å². The third-order valence-electron chi connectivity index (χ3n) is 1.94. The summed E-state index contributed by atoms with van der Waals surface area (Å²) < 4.78 is 0. The third-order valence-corrected chi connectivity index (χ3v) is 2.84. The highest BCUT2D eigenvalue weighted by Gasteiger charge is 2.17. The maximum Gasteiger partial charge on any atom is 0.152 e. The van der Waals surface area contributed by atoms with Crippen LogP contribution < -0.4 is 0 Å². The van der Waals surface area contributed by atoms with Crippen LogP contribution in [0.25, 0.3) is 0 Å². The van der Waals surface area contributed by atoms with E-state index in [1.54, 1.807) is 18.2 Å². The molecule has 4 heteroatoms. The number of rotatable bonds is 3. The van der Waals surface area contributed by atoms with Crippen molar-refractivity contribution in [2.45, 2.75) is 18.9 Å². The van der Waals surface area contributed by atoms with Gasteiger partial charge in [0.2, 0.25) is 0 Å². The molecule has 76 valence electrons. The second-order valence-corrected chi connectivity index (χ2v) is 3.78. The average Bonchev–Trinajstić information content (AvgIpc) is 2.16.